The lowest BCUT2D eigenvalue weighted by Crippen LogP contribution is -2.53. The average Bonchev–Trinajstić information content (AvgIpc) is 2.45. The van der Waals surface area contributed by atoms with Gasteiger partial charge in [-0.1, -0.05) is 6.92 Å². The number of aliphatic hydroxyl groups excluding tert-OH is 1. The molecule has 1 N–H and O–H groups in total. The molecule has 0 saturated carbocycles. The maximum atomic E-state index is 9.65. The number of rotatable bonds is 4. The molecule has 0 radical (unpaired) electrons. The molecule has 0 amide bonds. The smallest absolute Gasteiger partial charge is 0.161 e. The van der Waals surface area contributed by atoms with Gasteiger partial charge in [-0.05, 0) is 13.8 Å². The Balaban J connectivity index is 1.99. The van der Waals surface area contributed by atoms with Crippen molar-refractivity contribution >= 4 is 0 Å². The number of ether oxygens (including phenoxy) is 5. The van der Waals surface area contributed by atoms with Crippen LogP contribution in [-0.4, -0.2) is 62.4 Å². The van der Waals surface area contributed by atoms with E-state index in [4.69, 9.17) is 23.7 Å². The van der Waals surface area contributed by atoms with E-state index >= 15 is 0 Å². The minimum absolute atomic E-state index is 0.0695. The Morgan fingerprint density at radius 2 is 1.57 bits per heavy atom. The average molecular weight is 304 g/mol. The molecule has 0 aliphatic carbocycles. The highest BCUT2D eigenvalue weighted by molar-refractivity contribution is 4.85. The number of hydrogen-bond acceptors (Lipinski definition) is 6. The Morgan fingerprint density at radius 3 is 2.19 bits per heavy atom. The molecular formula is C15H28O6. The molecule has 8 atom stereocenters. The first-order valence-electron chi connectivity index (χ1n) is 7.66. The summed E-state index contributed by atoms with van der Waals surface area (Å²) in [5, 5.41) is 9.65. The normalized spacial score (nSPS) is 48.3. The highest BCUT2D eigenvalue weighted by Crippen LogP contribution is 2.31. The zero-order chi connectivity index (χ0) is 15.6. The van der Waals surface area contributed by atoms with Crippen molar-refractivity contribution in [2.75, 3.05) is 14.2 Å². The lowest BCUT2D eigenvalue weighted by atomic mass is 9.93. The minimum Gasteiger partial charge on any atom is -0.381 e. The van der Waals surface area contributed by atoms with Gasteiger partial charge in [0.05, 0.1) is 24.4 Å². The maximum absolute atomic E-state index is 9.65. The number of methoxy groups -OCH3 is 2. The van der Waals surface area contributed by atoms with Gasteiger partial charge < -0.3 is 28.8 Å². The molecule has 0 aromatic rings. The second-order valence-electron chi connectivity index (χ2n) is 6.05. The van der Waals surface area contributed by atoms with Crippen LogP contribution >= 0.6 is 0 Å². The SMILES string of the molecule is COC1CC(OC2C(C)OC(O)CC2OC)OC(C)C1C. The van der Waals surface area contributed by atoms with Crippen LogP contribution in [0.1, 0.15) is 33.6 Å². The predicted molar refractivity (Wildman–Crippen MR) is 75.8 cm³/mol. The van der Waals surface area contributed by atoms with Crippen molar-refractivity contribution in [1.29, 1.82) is 0 Å². The fourth-order valence-electron chi connectivity index (χ4n) is 3.14. The van der Waals surface area contributed by atoms with Crippen LogP contribution < -0.4 is 0 Å². The van der Waals surface area contributed by atoms with Crippen molar-refractivity contribution in [2.45, 2.75) is 76.7 Å². The van der Waals surface area contributed by atoms with Crippen molar-refractivity contribution in [3.63, 3.8) is 0 Å². The summed E-state index contributed by atoms with van der Waals surface area (Å²) in [6.07, 6.45) is -0.595. The van der Waals surface area contributed by atoms with Gasteiger partial charge in [0.15, 0.2) is 12.6 Å². The first kappa shape index (κ1) is 17.1. The monoisotopic (exact) mass is 304 g/mol. The Hall–Kier alpha value is -0.240. The van der Waals surface area contributed by atoms with Crippen molar-refractivity contribution in [1.82, 2.24) is 0 Å². The zero-order valence-electron chi connectivity index (χ0n) is 13.5. The van der Waals surface area contributed by atoms with Crippen LogP contribution in [0.25, 0.3) is 0 Å². The van der Waals surface area contributed by atoms with Gasteiger partial charge in [-0.15, -0.1) is 0 Å². The summed E-state index contributed by atoms with van der Waals surface area (Å²) in [4.78, 5) is 0. The molecule has 2 rings (SSSR count). The molecular weight excluding hydrogens is 276 g/mol. The molecule has 0 aromatic carbocycles. The third kappa shape index (κ3) is 3.94. The second-order valence-corrected chi connectivity index (χ2v) is 6.05. The van der Waals surface area contributed by atoms with E-state index in [9.17, 15) is 5.11 Å². The van der Waals surface area contributed by atoms with Crippen LogP contribution in [0.4, 0.5) is 0 Å². The van der Waals surface area contributed by atoms with Gasteiger partial charge in [-0.2, -0.15) is 0 Å². The van der Waals surface area contributed by atoms with Crippen LogP contribution in [0.3, 0.4) is 0 Å². The van der Waals surface area contributed by atoms with Gasteiger partial charge in [0.2, 0.25) is 0 Å². The predicted octanol–water partition coefficient (Wildman–Crippen LogP) is 1.30. The van der Waals surface area contributed by atoms with Crippen LogP contribution in [0, 0.1) is 5.92 Å². The highest BCUT2D eigenvalue weighted by atomic mass is 16.7. The molecule has 2 heterocycles. The molecule has 124 valence electrons. The Morgan fingerprint density at radius 1 is 0.905 bits per heavy atom. The molecule has 2 fully saturated rings. The van der Waals surface area contributed by atoms with Gasteiger partial charge in [0.1, 0.15) is 6.10 Å². The summed E-state index contributed by atoms with van der Waals surface area (Å²) in [7, 11) is 3.34. The van der Waals surface area contributed by atoms with Crippen LogP contribution in [0.15, 0.2) is 0 Å². The van der Waals surface area contributed by atoms with Gasteiger partial charge in [0, 0.05) is 33.0 Å². The van der Waals surface area contributed by atoms with Crippen molar-refractivity contribution < 1.29 is 28.8 Å². The van der Waals surface area contributed by atoms with Gasteiger partial charge in [-0.3, -0.25) is 0 Å². The third-order valence-electron chi connectivity index (χ3n) is 4.67. The van der Waals surface area contributed by atoms with Crippen LogP contribution in [0.5, 0.6) is 0 Å². The topological polar surface area (TPSA) is 66.4 Å². The van der Waals surface area contributed by atoms with E-state index in [-0.39, 0.29) is 36.8 Å². The molecule has 21 heavy (non-hydrogen) atoms. The summed E-state index contributed by atoms with van der Waals surface area (Å²) in [6, 6.07) is 0. The maximum Gasteiger partial charge on any atom is 0.161 e. The fourth-order valence-corrected chi connectivity index (χ4v) is 3.14. The van der Waals surface area contributed by atoms with E-state index in [1.165, 1.54) is 0 Å². The van der Waals surface area contributed by atoms with Crippen LogP contribution in [-0.2, 0) is 23.7 Å². The number of aliphatic hydroxyl groups is 1. The first-order valence-corrected chi connectivity index (χ1v) is 7.66. The molecule has 2 saturated heterocycles. The van der Waals surface area contributed by atoms with Crippen molar-refractivity contribution in [2.24, 2.45) is 5.92 Å². The fraction of sp³-hybridized carbons (Fsp3) is 1.00. The lowest BCUT2D eigenvalue weighted by Gasteiger charge is -2.43. The summed E-state index contributed by atoms with van der Waals surface area (Å²) in [5.41, 5.74) is 0. The molecule has 0 spiro atoms. The molecule has 6 nitrogen and oxygen atoms in total. The zero-order valence-corrected chi connectivity index (χ0v) is 13.5. The quantitative estimate of drug-likeness (QED) is 0.844. The van der Waals surface area contributed by atoms with Gasteiger partial charge in [-0.25, -0.2) is 0 Å². The lowest BCUT2D eigenvalue weighted by molar-refractivity contribution is -0.304. The standard InChI is InChI=1S/C15H28O6/c1-8-9(2)20-14(7-11(8)17-4)21-15-10(3)19-13(16)6-12(15)18-5/h8-16H,6-7H2,1-5H3. The van der Waals surface area contributed by atoms with E-state index < -0.39 is 6.29 Å². The van der Waals surface area contributed by atoms with Crippen molar-refractivity contribution in [3.8, 4) is 0 Å². The second kappa shape index (κ2) is 7.35. The highest BCUT2D eigenvalue weighted by Gasteiger charge is 2.41. The van der Waals surface area contributed by atoms with E-state index in [0.29, 0.717) is 18.8 Å². The van der Waals surface area contributed by atoms with E-state index in [1.54, 1.807) is 14.2 Å². The van der Waals surface area contributed by atoms with E-state index in [2.05, 4.69) is 6.92 Å². The summed E-state index contributed by atoms with van der Waals surface area (Å²) in [6.45, 7) is 6.03. The summed E-state index contributed by atoms with van der Waals surface area (Å²) < 4.78 is 28.4. The largest absolute Gasteiger partial charge is 0.381 e. The van der Waals surface area contributed by atoms with Gasteiger partial charge in [0.25, 0.3) is 0 Å². The summed E-state index contributed by atoms with van der Waals surface area (Å²) in [5.74, 6) is 0.329. The molecule has 2 aliphatic heterocycles. The molecule has 0 bridgehead atoms. The van der Waals surface area contributed by atoms with E-state index in [1.807, 2.05) is 13.8 Å². The Bertz CT molecular complexity index is 325. The summed E-state index contributed by atoms with van der Waals surface area (Å²) >= 11 is 0. The Kier molecular flexibility index (Phi) is 5.99. The number of hydrogen-bond donors (Lipinski definition) is 1. The molecule has 0 aromatic heterocycles. The molecule has 2 aliphatic rings. The first-order chi connectivity index (χ1) is 9.96. The van der Waals surface area contributed by atoms with Gasteiger partial charge >= 0.3 is 0 Å². The molecule has 6 heteroatoms. The van der Waals surface area contributed by atoms with Crippen molar-refractivity contribution in [3.05, 3.63) is 0 Å². The Labute approximate surface area is 126 Å². The van der Waals surface area contributed by atoms with E-state index in [0.717, 1.165) is 0 Å². The molecule has 8 unspecified atom stereocenters. The van der Waals surface area contributed by atoms with Crippen LogP contribution in [0.2, 0.25) is 0 Å². The third-order valence-corrected chi connectivity index (χ3v) is 4.67. The minimum atomic E-state index is -0.803.